The predicted molar refractivity (Wildman–Crippen MR) is 59.9 cm³/mol. The lowest BCUT2D eigenvalue weighted by atomic mass is 10.1. The number of carbonyl (C=O) groups is 1. The molecule has 0 aliphatic carbocycles. The van der Waals surface area contributed by atoms with Crippen molar-refractivity contribution in [1.82, 2.24) is 5.32 Å². The van der Waals surface area contributed by atoms with E-state index in [0.717, 1.165) is 0 Å². The number of ether oxygens (including phenoxy) is 1. The second-order valence-electron chi connectivity index (χ2n) is 4.60. The summed E-state index contributed by atoms with van der Waals surface area (Å²) in [4.78, 5) is 11.3. The van der Waals surface area contributed by atoms with Gasteiger partial charge in [-0.3, -0.25) is 4.79 Å². The van der Waals surface area contributed by atoms with E-state index in [4.69, 9.17) is 0 Å². The van der Waals surface area contributed by atoms with Gasteiger partial charge in [0.05, 0.1) is 6.10 Å². The molecule has 0 spiro atoms. The number of alkyl halides is 3. The van der Waals surface area contributed by atoms with E-state index in [0.29, 0.717) is 6.42 Å². The van der Waals surface area contributed by atoms with Crippen molar-refractivity contribution in [3.63, 3.8) is 0 Å². The molecule has 7 heteroatoms. The van der Waals surface area contributed by atoms with Gasteiger partial charge in [0, 0.05) is 6.54 Å². The van der Waals surface area contributed by atoms with Crippen LogP contribution in [-0.2, 0) is 9.53 Å². The van der Waals surface area contributed by atoms with Crippen LogP contribution >= 0.6 is 0 Å². The second-order valence-corrected chi connectivity index (χ2v) is 4.60. The number of hydrogen-bond acceptors (Lipinski definition) is 3. The third-order valence-electron chi connectivity index (χ3n) is 2.12. The number of aliphatic hydroxyl groups is 1. The van der Waals surface area contributed by atoms with E-state index >= 15 is 0 Å². The van der Waals surface area contributed by atoms with Crippen LogP contribution in [0.4, 0.5) is 13.2 Å². The Morgan fingerprint density at radius 2 is 1.89 bits per heavy atom. The van der Waals surface area contributed by atoms with Crippen LogP contribution in [0.1, 0.15) is 27.2 Å². The molecule has 2 N–H and O–H groups in total. The summed E-state index contributed by atoms with van der Waals surface area (Å²) in [6, 6.07) is 0. The van der Waals surface area contributed by atoms with Crippen LogP contribution < -0.4 is 5.32 Å². The molecule has 0 aromatic heterocycles. The summed E-state index contributed by atoms with van der Waals surface area (Å²) >= 11 is 0. The van der Waals surface area contributed by atoms with Gasteiger partial charge in [0.15, 0.2) is 0 Å². The number of amides is 1. The largest absolute Gasteiger partial charge is 0.411 e. The number of aliphatic hydroxyl groups excluding tert-OH is 1. The molecule has 0 heterocycles. The van der Waals surface area contributed by atoms with Crippen molar-refractivity contribution in [2.24, 2.45) is 5.92 Å². The van der Waals surface area contributed by atoms with E-state index in [-0.39, 0.29) is 12.5 Å². The minimum Gasteiger partial charge on any atom is -0.391 e. The summed E-state index contributed by atoms with van der Waals surface area (Å²) < 4.78 is 39.9. The van der Waals surface area contributed by atoms with Crippen LogP contribution in [0.15, 0.2) is 0 Å². The highest BCUT2D eigenvalue weighted by atomic mass is 19.4. The third-order valence-corrected chi connectivity index (χ3v) is 2.12. The molecule has 1 amide bonds. The first kappa shape index (κ1) is 17.2. The first-order valence-corrected chi connectivity index (χ1v) is 5.76. The van der Waals surface area contributed by atoms with E-state index in [1.54, 1.807) is 0 Å². The van der Waals surface area contributed by atoms with Gasteiger partial charge in [0.25, 0.3) is 0 Å². The minimum atomic E-state index is -4.45. The summed E-state index contributed by atoms with van der Waals surface area (Å²) in [7, 11) is 0. The van der Waals surface area contributed by atoms with Crippen molar-refractivity contribution in [3.05, 3.63) is 0 Å². The van der Waals surface area contributed by atoms with Gasteiger partial charge >= 0.3 is 6.18 Å². The maximum Gasteiger partial charge on any atom is 0.411 e. The lowest BCUT2D eigenvalue weighted by Crippen LogP contribution is -2.40. The van der Waals surface area contributed by atoms with Crippen LogP contribution in [0.25, 0.3) is 0 Å². The summed E-state index contributed by atoms with van der Waals surface area (Å²) in [5.74, 6) is -0.391. The van der Waals surface area contributed by atoms with E-state index in [1.165, 1.54) is 6.92 Å². The van der Waals surface area contributed by atoms with Gasteiger partial charge in [-0.1, -0.05) is 13.8 Å². The van der Waals surface area contributed by atoms with Crippen molar-refractivity contribution >= 4 is 5.91 Å². The number of halogens is 3. The summed E-state index contributed by atoms with van der Waals surface area (Å²) in [5.41, 5.74) is 0. The number of carbonyl (C=O) groups excluding carboxylic acids is 1. The van der Waals surface area contributed by atoms with Crippen molar-refractivity contribution in [2.45, 2.75) is 45.6 Å². The van der Waals surface area contributed by atoms with Gasteiger partial charge in [0.2, 0.25) is 5.91 Å². The molecule has 0 radical (unpaired) electrons. The van der Waals surface area contributed by atoms with Crippen molar-refractivity contribution in [2.75, 3.05) is 13.2 Å². The molecular weight excluding hydrogens is 251 g/mol. The van der Waals surface area contributed by atoms with E-state index in [9.17, 15) is 23.1 Å². The predicted octanol–water partition coefficient (Wildman–Crippen LogP) is 1.48. The SMILES string of the molecule is CC(C)CC(O)CNC(=O)C(C)OCC(F)(F)F. The molecular formula is C11H20F3NO3. The highest BCUT2D eigenvalue weighted by Crippen LogP contribution is 2.15. The zero-order valence-corrected chi connectivity index (χ0v) is 10.8. The van der Waals surface area contributed by atoms with Gasteiger partial charge < -0.3 is 15.2 Å². The summed E-state index contributed by atoms with van der Waals surface area (Å²) in [6.07, 6.45) is -5.84. The third kappa shape index (κ3) is 9.23. The lowest BCUT2D eigenvalue weighted by Gasteiger charge is -2.17. The molecule has 0 aliphatic rings. The topological polar surface area (TPSA) is 58.6 Å². The Hall–Kier alpha value is -0.820. The van der Waals surface area contributed by atoms with Crippen LogP contribution in [0.5, 0.6) is 0 Å². The van der Waals surface area contributed by atoms with Crippen molar-refractivity contribution < 1.29 is 27.8 Å². The lowest BCUT2D eigenvalue weighted by molar-refractivity contribution is -0.185. The normalized spacial score (nSPS) is 15.6. The van der Waals surface area contributed by atoms with Gasteiger partial charge in [0.1, 0.15) is 12.7 Å². The molecule has 0 fully saturated rings. The average molecular weight is 271 g/mol. The first-order valence-electron chi connectivity index (χ1n) is 5.76. The number of nitrogens with one attached hydrogen (secondary N) is 1. The fourth-order valence-electron chi connectivity index (χ4n) is 1.28. The molecule has 0 saturated carbocycles. The van der Waals surface area contributed by atoms with Crippen molar-refractivity contribution in [1.29, 1.82) is 0 Å². The molecule has 0 aliphatic heterocycles. The Labute approximate surface area is 105 Å². The van der Waals surface area contributed by atoms with Gasteiger partial charge in [-0.15, -0.1) is 0 Å². The first-order chi connectivity index (χ1) is 8.11. The van der Waals surface area contributed by atoms with Gasteiger partial charge in [-0.2, -0.15) is 13.2 Å². The molecule has 4 nitrogen and oxygen atoms in total. The minimum absolute atomic E-state index is 0.0106. The molecule has 0 bridgehead atoms. The highest BCUT2D eigenvalue weighted by molar-refractivity contribution is 5.80. The summed E-state index contributed by atoms with van der Waals surface area (Å²) in [5, 5.41) is 11.8. The Balaban J connectivity index is 3.88. The van der Waals surface area contributed by atoms with E-state index in [2.05, 4.69) is 10.1 Å². The molecule has 0 rings (SSSR count). The maximum absolute atomic E-state index is 11.8. The average Bonchev–Trinajstić information content (AvgIpc) is 2.20. The van der Waals surface area contributed by atoms with Gasteiger partial charge in [-0.25, -0.2) is 0 Å². The zero-order valence-electron chi connectivity index (χ0n) is 10.8. The zero-order chi connectivity index (χ0) is 14.3. The maximum atomic E-state index is 11.8. The highest BCUT2D eigenvalue weighted by Gasteiger charge is 2.29. The van der Waals surface area contributed by atoms with Crippen LogP contribution in [0.3, 0.4) is 0 Å². The summed E-state index contributed by atoms with van der Waals surface area (Å²) in [6.45, 7) is 3.61. The van der Waals surface area contributed by atoms with Crippen molar-refractivity contribution in [3.8, 4) is 0 Å². The molecule has 0 aromatic carbocycles. The van der Waals surface area contributed by atoms with Crippen LogP contribution in [0.2, 0.25) is 0 Å². The number of rotatable bonds is 7. The van der Waals surface area contributed by atoms with E-state index < -0.39 is 30.9 Å². The second kappa shape index (κ2) is 7.58. The standard InChI is InChI=1S/C11H20F3NO3/c1-7(2)4-9(16)5-15-10(17)8(3)18-6-11(12,13)14/h7-9,16H,4-6H2,1-3H3,(H,15,17). The Bertz CT molecular complexity index is 256. The molecule has 0 aromatic rings. The monoisotopic (exact) mass is 271 g/mol. The fourth-order valence-corrected chi connectivity index (χ4v) is 1.28. The molecule has 2 atom stereocenters. The quantitative estimate of drug-likeness (QED) is 0.737. The fraction of sp³-hybridized carbons (Fsp3) is 0.909. The molecule has 18 heavy (non-hydrogen) atoms. The van der Waals surface area contributed by atoms with Crippen LogP contribution in [0, 0.1) is 5.92 Å². The van der Waals surface area contributed by atoms with Gasteiger partial charge in [-0.05, 0) is 19.3 Å². The Morgan fingerprint density at radius 1 is 1.33 bits per heavy atom. The Morgan fingerprint density at radius 3 is 2.33 bits per heavy atom. The van der Waals surface area contributed by atoms with E-state index in [1.807, 2.05) is 13.8 Å². The molecule has 0 saturated heterocycles. The Kier molecular flexibility index (Phi) is 7.23. The molecule has 2 unspecified atom stereocenters. The smallest absolute Gasteiger partial charge is 0.391 e. The van der Waals surface area contributed by atoms with Crippen LogP contribution in [-0.4, -0.2) is 42.5 Å². The molecule has 108 valence electrons. The number of hydrogen-bond donors (Lipinski definition) is 2.